The lowest BCUT2D eigenvalue weighted by Gasteiger charge is -2.24. The first-order valence-electron chi connectivity index (χ1n) is 18.1. The van der Waals surface area contributed by atoms with Crippen molar-refractivity contribution in [1.29, 1.82) is 0 Å². The van der Waals surface area contributed by atoms with Crippen LogP contribution >= 0.6 is 55.1 Å². The third-order valence-electron chi connectivity index (χ3n) is 10.4. The Bertz CT molecular complexity index is 2030. The van der Waals surface area contributed by atoms with E-state index in [1.807, 2.05) is 24.3 Å². The molecule has 0 aliphatic carbocycles. The lowest BCUT2D eigenvalue weighted by molar-refractivity contribution is -0.134. The Morgan fingerprint density at radius 3 is 1.39 bits per heavy atom. The number of benzene rings is 4. The van der Waals surface area contributed by atoms with E-state index in [0.29, 0.717) is 22.2 Å². The van der Waals surface area contributed by atoms with Crippen LogP contribution in [0, 0.1) is 0 Å². The van der Waals surface area contributed by atoms with Crippen molar-refractivity contribution in [1.82, 2.24) is 9.80 Å². The van der Waals surface area contributed by atoms with Gasteiger partial charge in [0.15, 0.2) is 0 Å². The summed E-state index contributed by atoms with van der Waals surface area (Å²) in [6.45, 7) is 5.20. The summed E-state index contributed by atoms with van der Waals surface area (Å²) in [5.74, 6) is 0.118. The number of aliphatic carboxylic acids is 2. The summed E-state index contributed by atoms with van der Waals surface area (Å²) in [7, 11) is 4.28. The van der Waals surface area contributed by atoms with Crippen LogP contribution in [0.25, 0.3) is 0 Å². The van der Waals surface area contributed by atoms with Crippen LogP contribution in [-0.4, -0.2) is 95.7 Å². The molecule has 0 bridgehead atoms. The van der Waals surface area contributed by atoms with E-state index < -0.39 is 11.9 Å². The van der Waals surface area contributed by atoms with Gasteiger partial charge in [-0.3, -0.25) is 0 Å². The van der Waals surface area contributed by atoms with E-state index in [4.69, 9.17) is 42.9 Å². The van der Waals surface area contributed by atoms with Crippen LogP contribution in [-0.2, 0) is 35.3 Å². The van der Waals surface area contributed by atoms with E-state index in [1.54, 1.807) is 0 Å². The van der Waals surface area contributed by atoms with E-state index in [0.717, 1.165) is 96.6 Å². The number of hydrogen-bond acceptors (Lipinski definition) is 8. The molecule has 4 heterocycles. The molecule has 56 heavy (non-hydrogen) atoms. The standard InChI is InChI=1S/2C19H19BrClNO2.C4H4O4/c2*1-22-4-2-11-7-17(21)18(23)9-14(11)16(10-22)15-8-13(20)6-12-3-5-24-19(12)15;5-3(6)1-2-4(7)8/h2*6-9,16,23H,2-5,10H2,1H3;1-2H,(H,5,6)(H,7,8)/b;;2-1+/t2*16-;/m00./s1. The molecule has 4 aromatic carbocycles. The van der Waals surface area contributed by atoms with Crippen molar-refractivity contribution in [2.75, 3.05) is 53.5 Å². The summed E-state index contributed by atoms with van der Waals surface area (Å²) >= 11 is 19.6. The minimum absolute atomic E-state index is 0.150. The average molecular weight is 934 g/mol. The van der Waals surface area contributed by atoms with Crippen molar-refractivity contribution in [2.45, 2.75) is 37.5 Å². The summed E-state index contributed by atoms with van der Waals surface area (Å²) in [5, 5.41) is 36.8. The van der Waals surface area contributed by atoms with E-state index in [-0.39, 0.29) is 23.3 Å². The van der Waals surface area contributed by atoms with Crippen molar-refractivity contribution >= 4 is 67.0 Å². The zero-order chi connectivity index (χ0) is 40.3. The topological polar surface area (TPSA) is 140 Å². The van der Waals surface area contributed by atoms with Gasteiger partial charge in [-0.15, -0.1) is 0 Å². The molecule has 0 saturated carbocycles. The number of rotatable bonds is 4. The van der Waals surface area contributed by atoms with Gasteiger partial charge >= 0.3 is 11.9 Å². The highest BCUT2D eigenvalue weighted by atomic mass is 79.9. The van der Waals surface area contributed by atoms with Crippen molar-refractivity contribution in [3.8, 4) is 23.0 Å². The van der Waals surface area contributed by atoms with Gasteiger partial charge in [-0.05, 0) is 109 Å². The van der Waals surface area contributed by atoms with Gasteiger partial charge in [-0.1, -0.05) is 55.1 Å². The quantitative estimate of drug-likeness (QED) is 0.148. The van der Waals surface area contributed by atoms with Gasteiger partial charge in [0.05, 0.1) is 23.3 Å². The van der Waals surface area contributed by atoms with Crippen molar-refractivity contribution in [3.05, 3.63) is 124 Å². The molecule has 4 aliphatic rings. The molecule has 0 unspecified atom stereocenters. The molecule has 10 nitrogen and oxygen atoms in total. The number of fused-ring (bicyclic) bond motifs is 4. The number of likely N-dealkylation sites (N-methyl/N-ethyl adjacent to an activating group) is 2. The third kappa shape index (κ3) is 9.84. The highest BCUT2D eigenvalue weighted by Gasteiger charge is 2.31. The molecule has 8 rings (SSSR count). The Morgan fingerprint density at radius 2 is 1.02 bits per heavy atom. The zero-order valence-corrected chi connectivity index (χ0v) is 35.5. The first-order valence-corrected chi connectivity index (χ1v) is 20.5. The van der Waals surface area contributed by atoms with Crippen molar-refractivity contribution < 1.29 is 39.5 Å². The molecule has 0 spiro atoms. The maximum atomic E-state index is 10.2. The molecule has 0 radical (unpaired) electrons. The monoisotopic (exact) mass is 930 g/mol. The van der Waals surface area contributed by atoms with E-state index >= 15 is 0 Å². The number of carbonyl (C=O) groups is 2. The van der Waals surface area contributed by atoms with Crippen LogP contribution < -0.4 is 9.47 Å². The third-order valence-corrected chi connectivity index (χ3v) is 11.9. The number of phenolic OH excluding ortho intramolecular Hbond substituents is 2. The van der Waals surface area contributed by atoms with Gasteiger partial charge in [0.2, 0.25) is 0 Å². The number of phenols is 2. The molecular weight excluding hydrogens is 891 g/mol. The van der Waals surface area contributed by atoms with Gasteiger partial charge in [0.25, 0.3) is 0 Å². The number of ether oxygens (including phenoxy) is 2. The Kier molecular flexibility index (Phi) is 13.6. The van der Waals surface area contributed by atoms with Gasteiger partial charge in [0.1, 0.15) is 23.0 Å². The van der Waals surface area contributed by atoms with Crippen LogP contribution in [0.15, 0.2) is 69.6 Å². The van der Waals surface area contributed by atoms with E-state index in [1.165, 1.54) is 33.4 Å². The maximum Gasteiger partial charge on any atom is 0.328 e. The molecule has 14 heteroatoms. The normalized spacial score (nSPS) is 18.7. The number of aromatic hydroxyl groups is 2. The SMILES string of the molecule is CN1CCc2cc(Cl)c(O)cc2[C@@H](c2cc(Br)cc3c2OCC3)C1.CN1CCc2cc(Cl)c(O)cc2[C@@H](c2cc(Br)cc3c2OCC3)C1.O=C(O)/C=C/C(=O)O. The number of nitrogens with zero attached hydrogens (tertiary/aromatic N) is 2. The molecular formula is C42H42Br2Cl2N2O8. The average Bonchev–Trinajstić information content (AvgIpc) is 3.75. The summed E-state index contributed by atoms with van der Waals surface area (Å²) < 4.78 is 14.1. The summed E-state index contributed by atoms with van der Waals surface area (Å²) in [5.41, 5.74) is 9.60. The highest BCUT2D eigenvalue weighted by molar-refractivity contribution is 9.10. The molecule has 4 N–H and O–H groups in total. The van der Waals surface area contributed by atoms with Gasteiger partial charge < -0.3 is 39.7 Å². The summed E-state index contributed by atoms with van der Waals surface area (Å²) in [4.78, 5) is 23.8. The van der Waals surface area contributed by atoms with Crippen LogP contribution in [0.4, 0.5) is 0 Å². The fourth-order valence-corrected chi connectivity index (χ4v) is 9.15. The molecule has 0 aromatic heterocycles. The fourth-order valence-electron chi connectivity index (χ4n) is 7.73. The largest absolute Gasteiger partial charge is 0.506 e. The second kappa shape index (κ2) is 18.2. The number of carboxylic acid groups (broad SMARTS) is 2. The smallest absolute Gasteiger partial charge is 0.328 e. The Balaban J connectivity index is 0.000000160. The molecule has 0 saturated heterocycles. The van der Waals surface area contributed by atoms with Gasteiger partial charge in [-0.2, -0.15) is 0 Å². The van der Waals surface area contributed by atoms with E-state index in [9.17, 15) is 19.8 Å². The number of hydrogen-bond donors (Lipinski definition) is 4. The summed E-state index contributed by atoms with van der Waals surface area (Å²) in [6.07, 6.45) is 4.87. The number of carboxylic acids is 2. The molecule has 4 aromatic rings. The van der Waals surface area contributed by atoms with Crippen LogP contribution in [0.2, 0.25) is 10.0 Å². The molecule has 0 fully saturated rings. The van der Waals surface area contributed by atoms with Crippen molar-refractivity contribution in [2.24, 2.45) is 0 Å². The van der Waals surface area contributed by atoms with Crippen molar-refractivity contribution in [3.63, 3.8) is 0 Å². The lowest BCUT2D eigenvalue weighted by Crippen LogP contribution is -2.24. The molecule has 296 valence electrons. The Morgan fingerprint density at radius 1 is 0.625 bits per heavy atom. The Labute approximate surface area is 352 Å². The predicted molar refractivity (Wildman–Crippen MR) is 223 cm³/mol. The molecule has 2 atom stereocenters. The van der Waals surface area contributed by atoms with Crippen LogP contribution in [0.5, 0.6) is 23.0 Å². The van der Waals surface area contributed by atoms with Gasteiger partial charge in [-0.25, -0.2) is 9.59 Å². The summed E-state index contributed by atoms with van der Waals surface area (Å²) in [6, 6.07) is 16.1. The molecule has 0 amide bonds. The predicted octanol–water partition coefficient (Wildman–Crippen LogP) is 8.44. The zero-order valence-electron chi connectivity index (χ0n) is 30.8. The first kappa shape index (κ1) is 41.8. The highest BCUT2D eigenvalue weighted by Crippen LogP contribution is 2.45. The Hall–Kier alpha value is -3.78. The maximum absolute atomic E-state index is 10.2. The number of halogens is 4. The minimum atomic E-state index is -1.26. The van der Waals surface area contributed by atoms with E-state index in [2.05, 4.69) is 80.0 Å². The lowest BCUT2D eigenvalue weighted by atomic mass is 9.86. The second-order valence-electron chi connectivity index (χ2n) is 14.3. The fraction of sp³-hybridized carbons (Fsp3) is 0.333. The van der Waals surface area contributed by atoms with Gasteiger partial charge in [0, 0.05) is 83.1 Å². The second-order valence-corrected chi connectivity index (χ2v) is 17.0. The van der Waals surface area contributed by atoms with Crippen LogP contribution in [0.1, 0.15) is 56.3 Å². The van der Waals surface area contributed by atoms with Crippen LogP contribution in [0.3, 0.4) is 0 Å². The minimum Gasteiger partial charge on any atom is -0.506 e. The molecule has 4 aliphatic heterocycles. The first-order chi connectivity index (χ1) is 26.7.